The molecule has 0 aliphatic carbocycles. The summed E-state index contributed by atoms with van der Waals surface area (Å²) in [6.45, 7) is 3.91. The summed E-state index contributed by atoms with van der Waals surface area (Å²) in [6.07, 6.45) is 1.06. The third-order valence-corrected chi connectivity index (χ3v) is 3.91. The average molecular weight is 380 g/mol. The molecule has 1 heterocycles. The molecule has 6 heteroatoms. The van der Waals surface area contributed by atoms with Crippen molar-refractivity contribution in [2.75, 3.05) is 11.9 Å². The van der Waals surface area contributed by atoms with E-state index in [1.165, 1.54) is 11.6 Å². The van der Waals surface area contributed by atoms with Crippen molar-refractivity contribution in [2.24, 2.45) is 0 Å². The number of rotatable bonds is 6. The van der Waals surface area contributed by atoms with Crippen LogP contribution in [0.2, 0.25) is 0 Å². The lowest BCUT2D eigenvalue weighted by Crippen LogP contribution is -2.20. The van der Waals surface area contributed by atoms with Gasteiger partial charge < -0.3 is 14.5 Å². The minimum atomic E-state index is -0.682. The van der Waals surface area contributed by atoms with Crippen molar-refractivity contribution in [2.45, 2.75) is 26.2 Å². The molecule has 5 nitrogen and oxygen atoms in total. The van der Waals surface area contributed by atoms with Gasteiger partial charge in [0.15, 0.2) is 11.3 Å². The number of anilines is 1. The molecule has 1 aromatic carbocycles. The van der Waals surface area contributed by atoms with Crippen molar-refractivity contribution in [1.29, 1.82) is 0 Å². The maximum atomic E-state index is 11.8. The van der Waals surface area contributed by atoms with Crippen LogP contribution in [0.15, 0.2) is 45.5 Å². The molecule has 0 aliphatic rings. The van der Waals surface area contributed by atoms with Gasteiger partial charge in [0.1, 0.15) is 0 Å². The number of halogens is 1. The summed E-state index contributed by atoms with van der Waals surface area (Å²) in [6, 6.07) is 10.7. The van der Waals surface area contributed by atoms with E-state index in [1.807, 2.05) is 24.3 Å². The second-order valence-electron chi connectivity index (χ2n) is 5.16. The first-order valence-electron chi connectivity index (χ1n) is 7.32. The Hall–Kier alpha value is -2.08. The number of hydrogen-bond acceptors (Lipinski definition) is 4. The molecule has 0 fully saturated rings. The first-order chi connectivity index (χ1) is 11.0. The Labute approximate surface area is 143 Å². The Morgan fingerprint density at radius 1 is 1.22 bits per heavy atom. The molecule has 0 aliphatic heterocycles. The minimum absolute atomic E-state index is 0.0441. The van der Waals surface area contributed by atoms with Crippen molar-refractivity contribution in [1.82, 2.24) is 0 Å². The molecule has 23 heavy (non-hydrogen) atoms. The van der Waals surface area contributed by atoms with Crippen LogP contribution < -0.4 is 5.32 Å². The maximum absolute atomic E-state index is 11.8. The van der Waals surface area contributed by atoms with E-state index in [4.69, 9.17) is 9.15 Å². The summed E-state index contributed by atoms with van der Waals surface area (Å²) in [5, 5.41) is 2.68. The number of furan rings is 1. The zero-order valence-corrected chi connectivity index (χ0v) is 14.6. The van der Waals surface area contributed by atoms with Gasteiger partial charge in [-0.15, -0.1) is 0 Å². The van der Waals surface area contributed by atoms with Gasteiger partial charge in [0.25, 0.3) is 5.91 Å². The van der Waals surface area contributed by atoms with Crippen LogP contribution in [0, 0.1) is 0 Å². The van der Waals surface area contributed by atoms with Gasteiger partial charge >= 0.3 is 5.97 Å². The van der Waals surface area contributed by atoms with Gasteiger partial charge in [-0.05, 0) is 58.1 Å². The average Bonchev–Trinajstić information content (AvgIpc) is 2.99. The normalized spacial score (nSPS) is 11.8. The zero-order valence-electron chi connectivity index (χ0n) is 13.0. The molecule has 0 spiro atoms. The van der Waals surface area contributed by atoms with Crippen LogP contribution >= 0.6 is 15.9 Å². The van der Waals surface area contributed by atoms with Crippen LogP contribution in [0.1, 0.15) is 42.3 Å². The number of ether oxygens (including phenoxy) is 1. The third kappa shape index (κ3) is 4.96. The molecule has 1 amide bonds. The van der Waals surface area contributed by atoms with Crippen molar-refractivity contribution < 1.29 is 18.7 Å². The number of esters is 1. The van der Waals surface area contributed by atoms with Crippen LogP contribution in [0.3, 0.4) is 0 Å². The highest BCUT2D eigenvalue weighted by Crippen LogP contribution is 2.20. The summed E-state index contributed by atoms with van der Waals surface area (Å²) in [4.78, 5) is 23.5. The lowest BCUT2D eigenvalue weighted by molar-refractivity contribution is -0.119. The predicted octanol–water partition coefficient (Wildman–Crippen LogP) is 4.35. The summed E-state index contributed by atoms with van der Waals surface area (Å²) in [7, 11) is 0. The topological polar surface area (TPSA) is 68.5 Å². The van der Waals surface area contributed by atoms with Crippen molar-refractivity contribution in [3.63, 3.8) is 0 Å². The molecule has 0 saturated carbocycles. The van der Waals surface area contributed by atoms with Gasteiger partial charge in [0.05, 0.1) is 0 Å². The number of hydrogen-bond donors (Lipinski definition) is 1. The highest BCUT2D eigenvalue weighted by molar-refractivity contribution is 9.10. The Morgan fingerprint density at radius 3 is 2.48 bits per heavy atom. The fourth-order valence-corrected chi connectivity index (χ4v) is 2.26. The van der Waals surface area contributed by atoms with Crippen molar-refractivity contribution >= 4 is 33.5 Å². The second-order valence-corrected chi connectivity index (χ2v) is 5.94. The van der Waals surface area contributed by atoms with Gasteiger partial charge in [0.2, 0.25) is 5.76 Å². The molecule has 2 aromatic rings. The number of benzene rings is 1. The fourth-order valence-electron chi connectivity index (χ4n) is 1.95. The third-order valence-electron chi connectivity index (χ3n) is 3.48. The molecule has 1 aromatic heterocycles. The van der Waals surface area contributed by atoms with Crippen LogP contribution in [-0.2, 0) is 9.53 Å². The van der Waals surface area contributed by atoms with Gasteiger partial charge in [0, 0.05) is 5.69 Å². The van der Waals surface area contributed by atoms with E-state index in [0.29, 0.717) is 16.3 Å². The number of carbonyl (C=O) groups excluding carboxylic acids is 2. The van der Waals surface area contributed by atoms with E-state index in [-0.39, 0.29) is 12.4 Å². The highest BCUT2D eigenvalue weighted by atomic mass is 79.9. The highest BCUT2D eigenvalue weighted by Gasteiger charge is 2.14. The largest absolute Gasteiger partial charge is 0.450 e. The van der Waals surface area contributed by atoms with Gasteiger partial charge in [-0.25, -0.2) is 4.79 Å². The molecule has 1 atom stereocenters. The Morgan fingerprint density at radius 2 is 1.91 bits per heavy atom. The maximum Gasteiger partial charge on any atom is 0.374 e. The Kier molecular flexibility index (Phi) is 5.98. The second kappa shape index (κ2) is 7.97. The molecular weight excluding hydrogens is 362 g/mol. The molecule has 1 N–H and O–H groups in total. The quantitative estimate of drug-likeness (QED) is 0.757. The van der Waals surface area contributed by atoms with Crippen LogP contribution in [-0.4, -0.2) is 18.5 Å². The van der Waals surface area contributed by atoms with Crippen LogP contribution in [0.4, 0.5) is 5.69 Å². The number of amides is 1. The predicted molar refractivity (Wildman–Crippen MR) is 90.5 cm³/mol. The van der Waals surface area contributed by atoms with Crippen molar-refractivity contribution in [3.8, 4) is 0 Å². The number of carbonyl (C=O) groups is 2. The van der Waals surface area contributed by atoms with Gasteiger partial charge in [-0.3, -0.25) is 4.79 Å². The molecular formula is C17H18BrNO4. The van der Waals surface area contributed by atoms with Gasteiger partial charge in [-0.1, -0.05) is 26.0 Å². The summed E-state index contributed by atoms with van der Waals surface area (Å²) < 4.78 is 10.4. The van der Waals surface area contributed by atoms with E-state index in [1.54, 1.807) is 6.07 Å². The van der Waals surface area contributed by atoms with Gasteiger partial charge in [-0.2, -0.15) is 0 Å². The molecule has 0 bridgehead atoms. The van der Waals surface area contributed by atoms with E-state index < -0.39 is 11.9 Å². The van der Waals surface area contributed by atoms with E-state index in [2.05, 4.69) is 35.1 Å². The minimum Gasteiger partial charge on any atom is -0.450 e. The molecule has 122 valence electrons. The fraction of sp³-hybridized carbons (Fsp3) is 0.294. The summed E-state index contributed by atoms with van der Waals surface area (Å²) >= 11 is 3.09. The number of nitrogens with one attached hydrogen (secondary N) is 1. The molecule has 0 unspecified atom stereocenters. The standard InChI is InChI=1S/C17H18BrNO4/c1-3-11(2)12-4-6-13(7-5-12)19-16(20)10-22-17(21)14-8-9-15(18)23-14/h4-9,11H,3,10H2,1-2H3,(H,19,20)/t11-/m1/s1. The Balaban J connectivity index is 1.83. The van der Waals surface area contributed by atoms with E-state index in [0.717, 1.165) is 6.42 Å². The van der Waals surface area contributed by atoms with Crippen LogP contribution in [0.5, 0.6) is 0 Å². The summed E-state index contributed by atoms with van der Waals surface area (Å²) in [5.41, 5.74) is 1.89. The lowest BCUT2D eigenvalue weighted by Gasteiger charge is -2.10. The molecule has 0 saturated heterocycles. The lowest BCUT2D eigenvalue weighted by atomic mass is 9.99. The van der Waals surface area contributed by atoms with Crippen LogP contribution in [0.25, 0.3) is 0 Å². The summed E-state index contributed by atoms with van der Waals surface area (Å²) in [5.74, 6) is -0.561. The monoisotopic (exact) mass is 379 g/mol. The first kappa shape index (κ1) is 17.3. The molecule has 0 radical (unpaired) electrons. The van der Waals surface area contributed by atoms with E-state index in [9.17, 15) is 9.59 Å². The van der Waals surface area contributed by atoms with Crippen molar-refractivity contribution in [3.05, 3.63) is 52.4 Å². The Bertz CT molecular complexity index is 678. The first-order valence-corrected chi connectivity index (χ1v) is 8.11. The smallest absolute Gasteiger partial charge is 0.374 e. The molecule has 2 rings (SSSR count). The zero-order chi connectivity index (χ0) is 16.8. The SMILES string of the molecule is CC[C@@H](C)c1ccc(NC(=O)COC(=O)c2ccc(Br)o2)cc1. The van der Waals surface area contributed by atoms with E-state index >= 15 is 0 Å².